The fraction of sp³-hybridized carbons (Fsp3) is 0.333. The molecule has 3 aromatic rings. The molecule has 8 nitrogen and oxygen atoms in total. The van der Waals surface area contributed by atoms with Gasteiger partial charge >= 0.3 is 0 Å². The third-order valence-electron chi connectivity index (χ3n) is 4.86. The number of para-hydroxylation sites is 2. The highest BCUT2D eigenvalue weighted by Crippen LogP contribution is 2.18. The number of rotatable bonds is 4. The van der Waals surface area contributed by atoms with Crippen LogP contribution in [0.4, 0.5) is 0 Å². The van der Waals surface area contributed by atoms with Gasteiger partial charge in [-0.25, -0.2) is 9.97 Å². The molecule has 8 heteroatoms. The molecule has 4 rings (SSSR count). The van der Waals surface area contributed by atoms with Crippen molar-refractivity contribution in [3.8, 4) is 0 Å². The number of nitrogens with zero attached hydrogens (tertiary/aromatic N) is 5. The lowest BCUT2D eigenvalue weighted by Crippen LogP contribution is -2.39. The van der Waals surface area contributed by atoms with Gasteiger partial charge in [0.15, 0.2) is 0 Å². The summed E-state index contributed by atoms with van der Waals surface area (Å²) in [5.41, 5.74) is 7.73. The molecule has 0 bridgehead atoms. The highest BCUT2D eigenvalue weighted by atomic mass is 16.2. The van der Waals surface area contributed by atoms with E-state index in [1.165, 1.54) is 6.20 Å². The lowest BCUT2D eigenvalue weighted by Gasteiger charge is -2.28. The zero-order chi connectivity index (χ0) is 18.3. The molecule has 0 aliphatic carbocycles. The second kappa shape index (κ2) is 6.29. The molecular formula is C18H20N6O2. The lowest BCUT2D eigenvalue weighted by atomic mass is 10.2. The smallest absolute Gasteiger partial charge is 0.266 e. The van der Waals surface area contributed by atoms with Crippen LogP contribution in [-0.2, 0) is 24.4 Å². The largest absolute Gasteiger partial charge is 0.364 e. The minimum Gasteiger partial charge on any atom is -0.364 e. The number of hydrogen-bond donors (Lipinski definition) is 1. The summed E-state index contributed by atoms with van der Waals surface area (Å²) in [6, 6.07) is 7.92. The molecule has 0 spiro atoms. The van der Waals surface area contributed by atoms with Crippen molar-refractivity contribution in [1.29, 1.82) is 0 Å². The van der Waals surface area contributed by atoms with Gasteiger partial charge in [-0.1, -0.05) is 12.1 Å². The van der Waals surface area contributed by atoms with E-state index in [1.807, 2.05) is 31.2 Å². The highest BCUT2D eigenvalue weighted by Gasteiger charge is 2.24. The minimum absolute atomic E-state index is 0.0667. The van der Waals surface area contributed by atoms with E-state index in [0.717, 1.165) is 16.9 Å². The topological polar surface area (TPSA) is 99.0 Å². The summed E-state index contributed by atoms with van der Waals surface area (Å²) in [5.74, 6) is 1.17. The van der Waals surface area contributed by atoms with Crippen molar-refractivity contribution < 1.29 is 9.59 Å². The summed E-state index contributed by atoms with van der Waals surface area (Å²) in [6.45, 7) is 4.02. The third-order valence-corrected chi connectivity index (χ3v) is 4.86. The predicted octanol–water partition coefficient (Wildman–Crippen LogP) is 1.07. The zero-order valence-electron chi connectivity index (χ0n) is 14.6. The Morgan fingerprint density at radius 2 is 2.04 bits per heavy atom. The SMILES string of the molecule is Cc1nc2ccccc2n1CCC(=O)N1CCn2c(C(N)=O)cnc2C1. The van der Waals surface area contributed by atoms with Gasteiger partial charge in [-0.2, -0.15) is 0 Å². The maximum Gasteiger partial charge on any atom is 0.266 e. The average molecular weight is 352 g/mol. The Kier molecular flexibility index (Phi) is 3.95. The van der Waals surface area contributed by atoms with Crippen molar-refractivity contribution in [3.63, 3.8) is 0 Å². The molecule has 0 atom stereocenters. The van der Waals surface area contributed by atoms with Gasteiger partial charge in [0.25, 0.3) is 5.91 Å². The number of fused-ring (bicyclic) bond motifs is 2. The molecule has 0 saturated heterocycles. The number of amides is 2. The first kappa shape index (κ1) is 16.3. The zero-order valence-corrected chi connectivity index (χ0v) is 14.6. The van der Waals surface area contributed by atoms with Gasteiger partial charge in [-0.15, -0.1) is 0 Å². The second-order valence-corrected chi connectivity index (χ2v) is 6.44. The maximum absolute atomic E-state index is 12.7. The molecule has 0 saturated carbocycles. The predicted molar refractivity (Wildman–Crippen MR) is 95.2 cm³/mol. The van der Waals surface area contributed by atoms with E-state index in [1.54, 1.807) is 9.47 Å². The normalized spacial score (nSPS) is 13.8. The van der Waals surface area contributed by atoms with Gasteiger partial charge < -0.3 is 19.8 Å². The van der Waals surface area contributed by atoms with Crippen LogP contribution < -0.4 is 5.73 Å². The minimum atomic E-state index is -0.494. The number of imidazole rings is 2. The first-order chi connectivity index (χ1) is 12.5. The van der Waals surface area contributed by atoms with Crippen LogP contribution in [0.1, 0.15) is 28.6 Å². The van der Waals surface area contributed by atoms with E-state index in [-0.39, 0.29) is 5.91 Å². The van der Waals surface area contributed by atoms with Crippen molar-refractivity contribution in [2.24, 2.45) is 5.73 Å². The maximum atomic E-state index is 12.7. The number of aryl methyl sites for hydroxylation is 2. The van der Waals surface area contributed by atoms with Crippen LogP contribution in [0.2, 0.25) is 0 Å². The van der Waals surface area contributed by atoms with Gasteiger partial charge in [0.1, 0.15) is 17.3 Å². The monoisotopic (exact) mass is 352 g/mol. The molecule has 0 fully saturated rings. The molecule has 3 heterocycles. The quantitative estimate of drug-likeness (QED) is 0.759. The molecule has 2 N–H and O–H groups in total. The highest BCUT2D eigenvalue weighted by molar-refractivity contribution is 5.91. The van der Waals surface area contributed by atoms with Gasteiger partial charge in [0.2, 0.25) is 5.91 Å². The Labute approximate surface area is 150 Å². The van der Waals surface area contributed by atoms with E-state index in [2.05, 4.69) is 14.5 Å². The summed E-state index contributed by atoms with van der Waals surface area (Å²) in [5, 5.41) is 0. The Morgan fingerprint density at radius 1 is 1.23 bits per heavy atom. The molecule has 1 aliphatic rings. The molecule has 1 aliphatic heterocycles. The number of primary amides is 1. The Morgan fingerprint density at radius 3 is 2.85 bits per heavy atom. The lowest BCUT2D eigenvalue weighted by molar-refractivity contribution is -0.132. The van der Waals surface area contributed by atoms with Crippen LogP contribution in [0.3, 0.4) is 0 Å². The van der Waals surface area contributed by atoms with Crippen molar-refractivity contribution in [1.82, 2.24) is 24.0 Å². The molecule has 1 aromatic carbocycles. The van der Waals surface area contributed by atoms with Crippen molar-refractivity contribution in [3.05, 3.63) is 47.8 Å². The van der Waals surface area contributed by atoms with Gasteiger partial charge in [-0.3, -0.25) is 9.59 Å². The summed E-state index contributed by atoms with van der Waals surface area (Å²) in [6.07, 6.45) is 1.87. The number of nitrogens with two attached hydrogens (primary N) is 1. The third kappa shape index (κ3) is 2.73. The molecule has 0 unspecified atom stereocenters. The summed E-state index contributed by atoms with van der Waals surface area (Å²) < 4.78 is 3.86. The van der Waals surface area contributed by atoms with Crippen LogP contribution in [0.5, 0.6) is 0 Å². The first-order valence-electron chi connectivity index (χ1n) is 8.58. The number of carbonyl (C=O) groups excluding carboxylic acids is 2. The number of benzene rings is 1. The van der Waals surface area contributed by atoms with E-state index < -0.39 is 5.91 Å². The van der Waals surface area contributed by atoms with E-state index >= 15 is 0 Å². The van der Waals surface area contributed by atoms with E-state index in [4.69, 9.17) is 5.73 Å². The molecule has 134 valence electrons. The molecule has 0 radical (unpaired) electrons. The van der Waals surface area contributed by atoms with E-state index in [0.29, 0.717) is 44.1 Å². The van der Waals surface area contributed by atoms with Crippen molar-refractivity contribution in [2.45, 2.75) is 33.0 Å². The van der Waals surface area contributed by atoms with Gasteiger partial charge in [-0.05, 0) is 19.1 Å². The van der Waals surface area contributed by atoms with Gasteiger partial charge in [0, 0.05) is 26.1 Å². The van der Waals surface area contributed by atoms with E-state index in [9.17, 15) is 9.59 Å². The first-order valence-corrected chi connectivity index (χ1v) is 8.58. The van der Waals surface area contributed by atoms with Crippen LogP contribution in [-0.4, -0.2) is 42.4 Å². The summed E-state index contributed by atoms with van der Waals surface area (Å²) in [7, 11) is 0. The Hall–Kier alpha value is -3.16. The molecule has 2 amide bonds. The fourth-order valence-corrected chi connectivity index (χ4v) is 3.51. The Bertz CT molecular complexity index is 1000. The standard InChI is InChI=1S/C18H20N6O2/c1-12-21-13-4-2-3-5-14(13)23(12)7-6-17(25)22-8-9-24-15(18(19)26)10-20-16(24)11-22/h2-5,10H,6-9,11H2,1H3,(H2,19,26). The number of carbonyl (C=O) groups is 2. The molecule has 2 aromatic heterocycles. The van der Waals surface area contributed by atoms with Crippen LogP contribution in [0.25, 0.3) is 11.0 Å². The van der Waals surface area contributed by atoms with Crippen LogP contribution in [0.15, 0.2) is 30.5 Å². The second-order valence-electron chi connectivity index (χ2n) is 6.44. The van der Waals surface area contributed by atoms with Gasteiger partial charge in [0.05, 0.1) is 23.8 Å². The van der Waals surface area contributed by atoms with Crippen molar-refractivity contribution in [2.75, 3.05) is 6.54 Å². The molecule has 26 heavy (non-hydrogen) atoms. The number of hydrogen-bond acceptors (Lipinski definition) is 4. The molecular weight excluding hydrogens is 332 g/mol. The van der Waals surface area contributed by atoms with Crippen LogP contribution >= 0.6 is 0 Å². The summed E-state index contributed by atoms with van der Waals surface area (Å²) >= 11 is 0. The summed E-state index contributed by atoms with van der Waals surface area (Å²) in [4.78, 5) is 34.6. The van der Waals surface area contributed by atoms with Crippen molar-refractivity contribution >= 4 is 22.8 Å². The fourth-order valence-electron chi connectivity index (χ4n) is 3.51. The number of aromatic nitrogens is 4. The average Bonchev–Trinajstić information content (AvgIpc) is 3.19. The Balaban J connectivity index is 1.45. The van der Waals surface area contributed by atoms with Crippen LogP contribution in [0, 0.1) is 6.92 Å².